The second kappa shape index (κ2) is 7.89. The molecule has 2 unspecified atom stereocenters. The molecule has 0 spiro atoms. The lowest BCUT2D eigenvalue weighted by Gasteiger charge is -2.09. The van der Waals surface area contributed by atoms with Gasteiger partial charge in [-0.15, -0.1) is 0 Å². The number of hydrogen-bond acceptors (Lipinski definition) is 6. The quantitative estimate of drug-likeness (QED) is 0.456. The van der Waals surface area contributed by atoms with Crippen molar-refractivity contribution in [3.05, 3.63) is 60.0 Å². The summed E-state index contributed by atoms with van der Waals surface area (Å²) < 4.78 is 0. The summed E-state index contributed by atoms with van der Waals surface area (Å²) in [6, 6.07) is 13.6. The Morgan fingerprint density at radius 3 is 2.71 bits per heavy atom. The Bertz CT molecular complexity index is 952. The number of imidazole rings is 1. The Balaban J connectivity index is 1.58. The third kappa shape index (κ3) is 3.94. The van der Waals surface area contributed by atoms with Gasteiger partial charge in [0, 0.05) is 18.2 Å². The van der Waals surface area contributed by atoms with Crippen LogP contribution in [0.1, 0.15) is 17.8 Å². The van der Waals surface area contributed by atoms with E-state index in [4.69, 9.17) is 10.7 Å². The molecule has 6 N–H and O–H groups in total. The van der Waals surface area contributed by atoms with E-state index in [1.807, 2.05) is 37.3 Å². The molecule has 3 heterocycles. The fraction of sp³-hybridized carbons (Fsp3) is 0.250. The fourth-order valence-corrected chi connectivity index (χ4v) is 3.17. The van der Waals surface area contributed by atoms with Crippen LogP contribution in [0, 0.1) is 6.92 Å². The molecule has 1 aromatic carbocycles. The number of rotatable bonds is 5. The molecule has 8 nitrogen and oxygen atoms in total. The van der Waals surface area contributed by atoms with E-state index in [-0.39, 0.29) is 24.7 Å². The predicted octanol–water partition coefficient (Wildman–Crippen LogP) is 1.21. The Morgan fingerprint density at radius 1 is 1.21 bits per heavy atom. The first-order valence-corrected chi connectivity index (χ1v) is 9.22. The van der Waals surface area contributed by atoms with Gasteiger partial charge in [-0.2, -0.15) is 0 Å². The SMILES string of the molecule is Cc1ccc(-c2nc(CNC(=O)C3CC(N)NN3)[nH]c2-c2ccccn2)cc1. The monoisotopic (exact) mass is 377 g/mol. The molecule has 0 bridgehead atoms. The number of aromatic nitrogens is 3. The molecule has 1 saturated heterocycles. The average Bonchev–Trinajstić information content (AvgIpc) is 3.34. The standard InChI is InChI=1S/C20H23N7O/c1-12-5-7-13(8-6-12)18-19(14-4-2-3-9-22-14)25-17(24-18)11-23-20(28)15-10-16(21)27-26-15/h2-9,15-16,26-27H,10-11,21H2,1H3,(H,23,28)(H,24,25). The van der Waals surface area contributed by atoms with E-state index in [0.29, 0.717) is 12.2 Å². The highest BCUT2D eigenvalue weighted by Crippen LogP contribution is 2.29. The van der Waals surface area contributed by atoms with Gasteiger partial charge in [0.2, 0.25) is 5.91 Å². The lowest BCUT2D eigenvalue weighted by Crippen LogP contribution is -2.43. The molecule has 0 saturated carbocycles. The van der Waals surface area contributed by atoms with Crippen molar-refractivity contribution in [1.82, 2.24) is 31.1 Å². The Morgan fingerprint density at radius 2 is 2.04 bits per heavy atom. The molecule has 2 atom stereocenters. The molecule has 2 aromatic heterocycles. The molecule has 1 aliphatic rings. The zero-order chi connectivity index (χ0) is 19.5. The van der Waals surface area contributed by atoms with Crippen molar-refractivity contribution in [3.63, 3.8) is 0 Å². The van der Waals surface area contributed by atoms with Crippen LogP contribution in [-0.4, -0.2) is 33.1 Å². The first-order chi connectivity index (χ1) is 13.6. The van der Waals surface area contributed by atoms with E-state index in [2.05, 4.69) is 38.3 Å². The van der Waals surface area contributed by atoms with E-state index < -0.39 is 0 Å². The van der Waals surface area contributed by atoms with Crippen molar-refractivity contribution in [1.29, 1.82) is 0 Å². The number of nitrogens with two attached hydrogens (primary N) is 1. The zero-order valence-corrected chi connectivity index (χ0v) is 15.6. The first kappa shape index (κ1) is 18.3. The number of nitrogens with one attached hydrogen (secondary N) is 4. The molecule has 1 aliphatic heterocycles. The van der Waals surface area contributed by atoms with Crippen molar-refractivity contribution >= 4 is 5.91 Å². The zero-order valence-electron chi connectivity index (χ0n) is 15.6. The maximum Gasteiger partial charge on any atom is 0.238 e. The van der Waals surface area contributed by atoms with Crippen LogP contribution in [0.2, 0.25) is 0 Å². The van der Waals surface area contributed by atoms with Gasteiger partial charge < -0.3 is 16.0 Å². The van der Waals surface area contributed by atoms with Crippen molar-refractivity contribution in [2.24, 2.45) is 5.73 Å². The second-order valence-electron chi connectivity index (χ2n) is 6.89. The number of H-pyrrole nitrogens is 1. The predicted molar refractivity (Wildman–Crippen MR) is 106 cm³/mol. The summed E-state index contributed by atoms with van der Waals surface area (Å²) in [5.74, 6) is 0.549. The van der Waals surface area contributed by atoms with Gasteiger partial charge in [-0.05, 0) is 19.1 Å². The number of carbonyl (C=O) groups excluding carboxylic acids is 1. The number of hydrogen-bond donors (Lipinski definition) is 5. The third-order valence-electron chi connectivity index (χ3n) is 4.68. The van der Waals surface area contributed by atoms with E-state index >= 15 is 0 Å². The number of hydrazine groups is 1. The van der Waals surface area contributed by atoms with Gasteiger partial charge in [0.15, 0.2) is 0 Å². The Hall–Kier alpha value is -3.07. The van der Waals surface area contributed by atoms with Crippen molar-refractivity contribution < 1.29 is 4.79 Å². The van der Waals surface area contributed by atoms with Crippen LogP contribution in [0.5, 0.6) is 0 Å². The summed E-state index contributed by atoms with van der Waals surface area (Å²) in [6.07, 6.45) is 2.07. The van der Waals surface area contributed by atoms with Crippen molar-refractivity contribution in [2.75, 3.05) is 0 Å². The maximum atomic E-state index is 12.3. The van der Waals surface area contributed by atoms with Crippen LogP contribution in [0.3, 0.4) is 0 Å². The number of benzene rings is 1. The Labute approximate surface area is 162 Å². The average molecular weight is 377 g/mol. The molecular weight excluding hydrogens is 354 g/mol. The molecule has 144 valence electrons. The molecule has 8 heteroatoms. The first-order valence-electron chi connectivity index (χ1n) is 9.22. The lowest BCUT2D eigenvalue weighted by molar-refractivity contribution is -0.123. The summed E-state index contributed by atoms with van der Waals surface area (Å²) in [5.41, 5.74) is 16.1. The van der Waals surface area contributed by atoms with Gasteiger partial charge >= 0.3 is 0 Å². The molecule has 4 rings (SSSR count). The summed E-state index contributed by atoms with van der Waals surface area (Å²) >= 11 is 0. The van der Waals surface area contributed by atoms with E-state index in [0.717, 1.165) is 22.6 Å². The second-order valence-corrected chi connectivity index (χ2v) is 6.89. The van der Waals surface area contributed by atoms with Crippen LogP contribution < -0.4 is 21.9 Å². The number of carbonyl (C=O) groups is 1. The molecule has 1 amide bonds. The van der Waals surface area contributed by atoms with Crippen molar-refractivity contribution in [2.45, 2.75) is 32.1 Å². The number of aryl methyl sites for hydroxylation is 1. The van der Waals surface area contributed by atoms with Gasteiger partial charge in [-0.25, -0.2) is 15.8 Å². The van der Waals surface area contributed by atoms with Gasteiger partial charge in [-0.3, -0.25) is 9.78 Å². The molecule has 0 radical (unpaired) electrons. The molecule has 28 heavy (non-hydrogen) atoms. The highest BCUT2D eigenvalue weighted by molar-refractivity contribution is 5.82. The van der Waals surface area contributed by atoms with E-state index in [9.17, 15) is 4.79 Å². The van der Waals surface area contributed by atoms with Crippen LogP contribution in [0.4, 0.5) is 0 Å². The number of amides is 1. The molecule has 0 aliphatic carbocycles. The highest BCUT2D eigenvalue weighted by atomic mass is 16.2. The summed E-state index contributed by atoms with van der Waals surface area (Å²) in [4.78, 5) is 24.8. The molecule has 1 fully saturated rings. The third-order valence-corrected chi connectivity index (χ3v) is 4.68. The smallest absolute Gasteiger partial charge is 0.238 e. The minimum atomic E-state index is -0.350. The normalized spacial score (nSPS) is 18.9. The number of pyridine rings is 1. The molecule has 3 aromatic rings. The highest BCUT2D eigenvalue weighted by Gasteiger charge is 2.27. The van der Waals surface area contributed by atoms with Crippen LogP contribution in [0.25, 0.3) is 22.6 Å². The van der Waals surface area contributed by atoms with Gasteiger partial charge in [0.05, 0.1) is 29.8 Å². The number of nitrogens with zero attached hydrogens (tertiary/aromatic N) is 2. The summed E-state index contributed by atoms with van der Waals surface area (Å²) in [6.45, 7) is 2.34. The number of aromatic amines is 1. The summed E-state index contributed by atoms with van der Waals surface area (Å²) in [7, 11) is 0. The van der Waals surface area contributed by atoms with Crippen molar-refractivity contribution in [3.8, 4) is 22.6 Å². The Kier molecular flexibility index (Phi) is 5.16. The van der Waals surface area contributed by atoms with Gasteiger partial charge in [0.1, 0.15) is 11.9 Å². The van der Waals surface area contributed by atoms with Crippen LogP contribution in [-0.2, 0) is 11.3 Å². The van der Waals surface area contributed by atoms with Gasteiger partial charge in [-0.1, -0.05) is 35.9 Å². The lowest BCUT2D eigenvalue weighted by atomic mass is 10.1. The molecular formula is C20H23N7O. The van der Waals surface area contributed by atoms with Crippen LogP contribution >= 0.6 is 0 Å². The minimum absolute atomic E-state index is 0.117. The van der Waals surface area contributed by atoms with Gasteiger partial charge in [0.25, 0.3) is 0 Å². The maximum absolute atomic E-state index is 12.3. The van der Waals surface area contributed by atoms with E-state index in [1.165, 1.54) is 5.56 Å². The van der Waals surface area contributed by atoms with E-state index in [1.54, 1.807) is 6.20 Å². The topological polar surface area (TPSA) is 121 Å². The fourth-order valence-electron chi connectivity index (χ4n) is 3.17. The largest absolute Gasteiger partial charge is 0.347 e. The summed E-state index contributed by atoms with van der Waals surface area (Å²) in [5, 5.41) is 2.90. The van der Waals surface area contributed by atoms with Crippen LogP contribution in [0.15, 0.2) is 48.7 Å². The minimum Gasteiger partial charge on any atom is -0.347 e.